The van der Waals surface area contributed by atoms with E-state index in [9.17, 15) is 0 Å². The van der Waals surface area contributed by atoms with Crippen molar-refractivity contribution in [3.8, 4) is 5.75 Å². The van der Waals surface area contributed by atoms with E-state index in [1.807, 2.05) is 30.3 Å². The van der Waals surface area contributed by atoms with Crippen LogP contribution in [-0.2, 0) is 0 Å². The van der Waals surface area contributed by atoms with Gasteiger partial charge in [-0.05, 0) is 38.3 Å². The summed E-state index contributed by atoms with van der Waals surface area (Å²) in [5, 5.41) is 0. The minimum Gasteiger partial charge on any atom is -0.494 e. The molecule has 0 saturated carbocycles. The number of rotatable bonds is 8. The van der Waals surface area contributed by atoms with E-state index in [2.05, 4.69) is 19.1 Å². The van der Waals surface area contributed by atoms with Crippen LogP contribution in [0.1, 0.15) is 39.0 Å². The topological polar surface area (TPSA) is 9.23 Å². The third kappa shape index (κ3) is 6.28. The fourth-order valence-electron chi connectivity index (χ4n) is 1.59. The third-order valence-electron chi connectivity index (χ3n) is 2.51. The average Bonchev–Trinajstić information content (AvgIpc) is 2.34. The molecule has 0 bridgehead atoms. The molecule has 0 aliphatic heterocycles. The number of unbranched alkanes of at least 4 members (excludes halogenated alkanes) is 4. The number of allylic oxidation sites excluding steroid dienone is 2. The van der Waals surface area contributed by atoms with Gasteiger partial charge in [0.2, 0.25) is 0 Å². The maximum absolute atomic E-state index is 5.62. The van der Waals surface area contributed by atoms with Crippen LogP contribution in [0.4, 0.5) is 0 Å². The first-order valence-electron chi connectivity index (χ1n) is 6.22. The first-order valence-corrected chi connectivity index (χ1v) is 6.22. The Morgan fingerprint density at radius 2 is 1.75 bits per heavy atom. The predicted molar refractivity (Wildman–Crippen MR) is 69.8 cm³/mol. The highest BCUT2D eigenvalue weighted by molar-refractivity contribution is 5.20. The van der Waals surface area contributed by atoms with Gasteiger partial charge in [-0.2, -0.15) is 0 Å². The largest absolute Gasteiger partial charge is 0.494 e. The van der Waals surface area contributed by atoms with Crippen LogP contribution in [0, 0.1) is 0 Å². The van der Waals surface area contributed by atoms with Crippen molar-refractivity contribution in [1.29, 1.82) is 0 Å². The van der Waals surface area contributed by atoms with Crippen LogP contribution < -0.4 is 4.74 Å². The lowest BCUT2D eigenvalue weighted by atomic mass is 10.1. The van der Waals surface area contributed by atoms with Gasteiger partial charge in [0.05, 0.1) is 6.61 Å². The van der Waals surface area contributed by atoms with Gasteiger partial charge in [0.25, 0.3) is 0 Å². The van der Waals surface area contributed by atoms with Crippen LogP contribution in [0.3, 0.4) is 0 Å². The highest BCUT2D eigenvalue weighted by atomic mass is 16.5. The Labute approximate surface area is 99.1 Å². The van der Waals surface area contributed by atoms with Crippen LogP contribution in [0.5, 0.6) is 5.75 Å². The molecule has 0 saturated heterocycles. The molecule has 0 spiro atoms. The number of benzene rings is 1. The smallest absolute Gasteiger partial charge is 0.119 e. The predicted octanol–water partition coefficient (Wildman–Crippen LogP) is 4.59. The lowest BCUT2D eigenvalue weighted by Crippen LogP contribution is -1.96. The Morgan fingerprint density at radius 3 is 2.50 bits per heavy atom. The highest BCUT2D eigenvalue weighted by Gasteiger charge is 1.92. The Hall–Kier alpha value is -1.24. The van der Waals surface area contributed by atoms with Crippen LogP contribution in [0.15, 0.2) is 42.5 Å². The van der Waals surface area contributed by atoms with Gasteiger partial charge in [0.15, 0.2) is 0 Å². The molecule has 0 heterocycles. The Kier molecular flexibility index (Phi) is 7.23. The van der Waals surface area contributed by atoms with E-state index in [4.69, 9.17) is 4.74 Å². The van der Waals surface area contributed by atoms with Gasteiger partial charge in [-0.25, -0.2) is 0 Å². The maximum atomic E-state index is 5.62. The molecule has 16 heavy (non-hydrogen) atoms. The molecule has 1 rings (SSSR count). The number of hydrogen-bond donors (Lipinski definition) is 0. The van der Waals surface area contributed by atoms with E-state index >= 15 is 0 Å². The van der Waals surface area contributed by atoms with Crippen molar-refractivity contribution < 1.29 is 4.74 Å². The molecular formula is C15H22O. The van der Waals surface area contributed by atoms with Crippen molar-refractivity contribution in [1.82, 2.24) is 0 Å². The van der Waals surface area contributed by atoms with Crippen molar-refractivity contribution in [3.63, 3.8) is 0 Å². The summed E-state index contributed by atoms with van der Waals surface area (Å²) >= 11 is 0. The fourth-order valence-corrected chi connectivity index (χ4v) is 1.59. The van der Waals surface area contributed by atoms with E-state index < -0.39 is 0 Å². The minimum absolute atomic E-state index is 0.841. The van der Waals surface area contributed by atoms with Crippen LogP contribution >= 0.6 is 0 Å². The molecule has 1 aromatic carbocycles. The zero-order valence-corrected chi connectivity index (χ0v) is 10.2. The number of hydrogen-bond acceptors (Lipinski definition) is 1. The summed E-state index contributed by atoms with van der Waals surface area (Å²) in [5.41, 5.74) is 0. The maximum Gasteiger partial charge on any atom is 0.119 e. The van der Waals surface area contributed by atoms with Crippen molar-refractivity contribution in [2.24, 2.45) is 0 Å². The summed E-state index contributed by atoms with van der Waals surface area (Å²) in [7, 11) is 0. The van der Waals surface area contributed by atoms with Crippen molar-refractivity contribution in [2.75, 3.05) is 6.61 Å². The second-order valence-corrected chi connectivity index (χ2v) is 3.93. The monoisotopic (exact) mass is 218 g/mol. The molecule has 0 radical (unpaired) electrons. The van der Waals surface area contributed by atoms with Gasteiger partial charge >= 0.3 is 0 Å². The van der Waals surface area contributed by atoms with Crippen LogP contribution in [-0.4, -0.2) is 6.61 Å². The van der Waals surface area contributed by atoms with E-state index in [-0.39, 0.29) is 0 Å². The standard InChI is InChI=1S/C15H22O/c1-2-3-4-5-6-7-11-14-16-15-12-9-8-10-13-15/h2-3,8-10,12-13H,4-7,11,14H2,1H3/b3-2+. The van der Waals surface area contributed by atoms with Gasteiger partial charge in [0.1, 0.15) is 5.75 Å². The summed E-state index contributed by atoms with van der Waals surface area (Å²) in [6, 6.07) is 10.0. The van der Waals surface area contributed by atoms with Crippen LogP contribution in [0.25, 0.3) is 0 Å². The number of ether oxygens (including phenoxy) is 1. The molecule has 0 unspecified atom stereocenters. The molecule has 0 aliphatic carbocycles. The first kappa shape index (κ1) is 12.8. The molecule has 88 valence electrons. The minimum atomic E-state index is 0.841. The summed E-state index contributed by atoms with van der Waals surface area (Å²) in [4.78, 5) is 0. The lowest BCUT2D eigenvalue weighted by Gasteiger charge is -2.05. The van der Waals surface area contributed by atoms with Gasteiger partial charge in [0, 0.05) is 0 Å². The van der Waals surface area contributed by atoms with Gasteiger partial charge < -0.3 is 4.74 Å². The molecular weight excluding hydrogens is 196 g/mol. The highest BCUT2D eigenvalue weighted by Crippen LogP contribution is 2.10. The Morgan fingerprint density at radius 1 is 1.00 bits per heavy atom. The van der Waals surface area contributed by atoms with Gasteiger partial charge in [-0.3, -0.25) is 0 Å². The van der Waals surface area contributed by atoms with E-state index in [0.717, 1.165) is 18.8 Å². The summed E-state index contributed by atoms with van der Waals surface area (Å²) < 4.78 is 5.62. The summed E-state index contributed by atoms with van der Waals surface area (Å²) in [6.07, 6.45) is 10.6. The molecule has 0 fully saturated rings. The van der Waals surface area contributed by atoms with Crippen molar-refractivity contribution in [2.45, 2.75) is 39.0 Å². The van der Waals surface area contributed by atoms with Gasteiger partial charge in [-0.1, -0.05) is 43.2 Å². The van der Waals surface area contributed by atoms with Crippen LogP contribution in [0.2, 0.25) is 0 Å². The molecule has 0 aromatic heterocycles. The zero-order valence-electron chi connectivity index (χ0n) is 10.2. The zero-order chi connectivity index (χ0) is 11.5. The third-order valence-corrected chi connectivity index (χ3v) is 2.51. The van der Waals surface area contributed by atoms with E-state index in [0.29, 0.717) is 0 Å². The molecule has 1 nitrogen and oxygen atoms in total. The lowest BCUT2D eigenvalue weighted by molar-refractivity contribution is 0.305. The molecule has 1 aromatic rings. The average molecular weight is 218 g/mol. The number of para-hydroxylation sites is 1. The quantitative estimate of drug-likeness (QED) is 0.458. The normalized spacial score (nSPS) is 10.8. The van der Waals surface area contributed by atoms with Gasteiger partial charge in [-0.15, -0.1) is 0 Å². The van der Waals surface area contributed by atoms with Crippen molar-refractivity contribution >= 4 is 0 Å². The van der Waals surface area contributed by atoms with E-state index in [1.54, 1.807) is 0 Å². The molecule has 1 heteroatoms. The Bertz CT molecular complexity index is 277. The molecule has 0 atom stereocenters. The molecule has 0 aliphatic rings. The molecule has 0 N–H and O–H groups in total. The second-order valence-electron chi connectivity index (χ2n) is 3.93. The fraction of sp³-hybridized carbons (Fsp3) is 0.467. The summed E-state index contributed by atoms with van der Waals surface area (Å²) in [6.45, 7) is 2.92. The van der Waals surface area contributed by atoms with E-state index in [1.165, 1.54) is 25.7 Å². The SMILES string of the molecule is C/C=C/CCCCCCOc1ccccc1. The first-order chi connectivity index (χ1) is 7.93. The molecule has 0 amide bonds. The second kappa shape index (κ2) is 9.02. The van der Waals surface area contributed by atoms with Crippen molar-refractivity contribution in [3.05, 3.63) is 42.5 Å². The summed E-state index contributed by atoms with van der Waals surface area (Å²) in [5.74, 6) is 0.983. The Balaban J connectivity index is 1.92.